The molecular formula is C11H14N4. The smallest absolute Gasteiger partial charge is 0.233 e. The molecule has 3 rings (SSSR count). The largest absolute Gasteiger partial charge is 0.310 e. The van der Waals surface area contributed by atoms with Crippen molar-refractivity contribution in [3.05, 3.63) is 29.8 Å². The normalized spacial score (nSPS) is 21.3. The van der Waals surface area contributed by atoms with Crippen LogP contribution in [0.15, 0.2) is 18.6 Å². The molecule has 15 heavy (non-hydrogen) atoms. The van der Waals surface area contributed by atoms with Crippen molar-refractivity contribution < 1.29 is 0 Å². The Morgan fingerprint density at radius 1 is 1.47 bits per heavy atom. The van der Waals surface area contributed by atoms with E-state index in [2.05, 4.69) is 21.5 Å². The number of nitrogens with one attached hydrogen (secondary N) is 1. The second kappa shape index (κ2) is 3.31. The van der Waals surface area contributed by atoms with Crippen LogP contribution in [0.25, 0.3) is 5.78 Å². The third-order valence-electron chi connectivity index (χ3n) is 2.91. The van der Waals surface area contributed by atoms with Gasteiger partial charge in [0.15, 0.2) is 0 Å². The fourth-order valence-electron chi connectivity index (χ4n) is 2.17. The van der Waals surface area contributed by atoms with Crippen molar-refractivity contribution in [3.8, 4) is 0 Å². The Kier molecular flexibility index (Phi) is 1.95. The minimum absolute atomic E-state index is 0.476. The van der Waals surface area contributed by atoms with E-state index in [1.54, 1.807) is 0 Å². The van der Waals surface area contributed by atoms with Crippen LogP contribution in [0, 0.1) is 6.92 Å². The third-order valence-corrected chi connectivity index (χ3v) is 2.91. The number of nitrogens with zero attached hydrogens (tertiary/aromatic N) is 3. The Morgan fingerprint density at radius 2 is 2.40 bits per heavy atom. The average molecular weight is 202 g/mol. The maximum Gasteiger partial charge on any atom is 0.233 e. The molecule has 2 aromatic rings. The minimum atomic E-state index is 0.476. The molecule has 4 nitrogen and oxygen atoms in total. The fraction of sp³-hybridized carbons (Fsp3) is 0.455. The lowest BCUT2D eigenvalue weighted by Crippen LogP contribution is -2.13. The summed E-state index contributed by atoms with van der Waals surface area (Å²) in [7, 11) is 0. The van der Waals surface area contributed by atoms with Gasteiger partial charge in [0.2, 0.25) is 5.78 Å². The topological polar surface area (TPSA) is 42.2 Å². The molecule has 78 valence electrons. The van der Waals surface area contributed by atoms with Gasteiger partial charge in [-0.05, 0) is 26.3 Å². The summed E-state index contributed by atoms with van der Waals surface area (Å²) in [5.41, 5.74) is 2.27. The summed E-state index contributed by atoms with van der Waals surface area (Å²) in [4.78, 5) is 8.67. The molecule has 2 aromatic heterocycles. The van der Waals surface area contributed by atoms with Gasteiger partial charge in [0.25, 0.3) is 0 Å². The van der Waals surface area contributed by atoms with Gasteiger partial charge < -0.3 is 5.32 Å². The van der Waals surface area contributed by atoms with Crippen LogP contribution < -0.4 is 5.32 Å². The molecule has 0 amide bonds. The summed E-state index contributed by atoms with van der Waals surface area (Å²) >= 11 is 0. The van der Waals surface area contributed by atoms with E-state index in [0.29, 0.717) is 6.04 Å². The van der Waals surface area contributed by atoms with Crippen molar-refractivity contribution in [2.24, 2.45) is 0 Å². The number of hydrogen-bond acceptors (Lipinski definition) is 3. The molecule has 0 bridgehead atoms. The first-order valence-corrected chi connectivity index (χ1v) is 5.37. The molecule has 0 saturated carbocycles. The van der Waals surface area contributed by atoms with Crippen LogP contribution in [-0.4, -0.2) is 20.9 Å². The van der Waals surface area contributed by atoms with E-state index in [-0.39, 0.29) is 0 Å². The van der Waals surface area contributed by atoms with Crippen LogP contribution >= 0.6 is 0 Å². The van der Waals surface area contributed by atoms with E-state index in [4.69, 9.17) is 0 Å². The van der Waals surface area contributed by atoms with Crippen molar-refractivity contribution >= 4 is 5.78 Å². The second-order valence-corrected chi connectivity index (χ2v) is 4.13. The zero-order valence-corrected chi connectivity index (χ0v) is 8.77. The van der Waals surface area contributed by atoms with Gasteiger partial charge in [-0.25, -0.2) is 9.97 Å². The van der Waals surface area contributed by atoms with E-state index in [1.807, 2.05) is 23.7 Å². The second-order valence-electron chi connectivity index (χ2n) is 4.13. The molecule has 0 aromatic carbocycles. The van der Waals surface area contributed by atoms with Gasteiger partial charge >= 0.3 is 0 Å². The Bertz CT molecular complexity index is 482. The molecular weight excluding hydrogens is 188 g/mol. The van der Waals surface area contributed by atoms with E-state index < -0.39 is 0 Å². The first kappa shape index (κ1) is 8.85. The number of fused-ring (bicyclic) bond motifs is 1. The zero-order valence-electron chi connectivity index (χ0n) is 8.77. The van der Waals surface area contributed by atoms with E-state index in [1.165, 1.54) is 18.4 Å². The highest BCUT2D eigenvalue weighted by atomic mass is 15.1. The number of aromatic nitrogens is 3. The molecule has 0 aliphatic carbocycles. The van der Waals surface area contributed by atoms with Gasteiger partial charge in [-0.2, -0.15) is 0 Å². The molecule has 1 aliphatic heterocycles. The van der Waals surface area contributed by atoms with Crippen LogP contribution in [0.1, 0.15) is 30.1 Å². The van der Waals surface area contributed by atoms with Crippen LogP contribution in [0.3, 0.4) is 0 Å². The van der Waals surface area contributed by atoms with Gasteiger partial charge in [0.1, 0.15) is 0 Å². The standard InChI is InChI=1S/C11H14N4/c1-8-6-15-7-9(5-13-11(15)14-8)10-3-2-4-12-10/h5-7,10,12H,2-4H2,1H3. The minimum Gasteiger partial charge on any atom is -0.310 e. The highest BCUT2D eigenvalue weighted by Gasteiger charge is 2.16. The lowest BCUT2D eigenvalue weighted by molar-refractivity contribution is 0.640. The van der Waals surface area contributed by atoms with Crippen molar-refractivity contribution in [1.29, 1.82) is 0 Å². The SMILES string of the molecule is Cc1cn2cc(C3CCCN3)cnc2n1. The first-order chi connectivity index (χ1) is 7.33. The van der Waals surface area contributed by atoms with E-state index in [0.717, 1.165) is 18.0 Å². The lowest BCUT2D eigenvalue weighted by atomic mass is 10.1. The van der Waals surface area contributed by atoms with Gasteiger partial charge in [-0.1, -0.05) is 0 Å². The van der Waals surface area contributed by atoms with E-state index in [9.17, 15) is 0 Å². The molecule has 1 unspecified atom stereocenters. The maximum atomic E-state index is 4.36. The molecule has 1 N–H and O–H groups in total. The summed E-state index contributed by atoms with van der Waals surface area (Å²) in [6.07, 6.45) is 8.55. The van der Waals surface area contributed by atoms with Crippen molar-refractivity contribution in [2.75, 3.05) is 6.54 Å². The number of imidazole rings is 1. The molecule has 1 fully saturated rings. The van der Waals surface area contributed by atoms with Gasteiger partial charge in [-0.3, -0.25) is 4.40 Å². The van der Waals surface area contributed by atoms with Crippen molar-refractivity contribution in [1.82, 2.24) is 19.7 Å². The fourth-order valence-corrected chi connectivity index (χ4v) is 2.17. The summed E-state index contributed by atoms with van der Waals surface area (Å²) in [5.74, 6) is 0.786. The number of rotatable bonds is 1. The third kappa shape index (κ3) is 1.51. The maximum absolute atomic E-state index is 4.36. The van der Waals surface area contributed by atoms with Gasteiger partial charge in [-0.15, -0.1) is 0 Å². The zero-order chi connectivity index (χ0) is 10.3. The Labute approximate surface area is 88.4 Å². The van der Waals surface area contributed by atoms with E-state index >= 15 is 0 Å². The predicted octanol–water partition coefficient (Wildman–Crippen LogP) is 1.46. The molecule has 1 aliphatic rings. The molecule has 1 saturated heterocycles. The van der Waals surface area contributed by atoms with Crippen LogP contribution in [0.2, 0.25) is 0 Å². The molecule has 4 heteroatoms. The van der Waals surface area contributed by atoms with Crippen LogP contribution in [0.4, 0.5) is 0 Å². The Hall–Kier alpha value is -1.42. The summed E-state index contributed by atoms with van der Waals surface area (Å²) < 4.78 is 2.00. The Balaban J connectivity index is 2.04. The molecule has 3 heterocycles. The van der Waals surface area contributed by atoms with Crippen LogP contribution in [0.5, 0.6) is 0 Å². The average Bonchev–Trinajstić information content (AvgIpc) is 2.82. The summed E-state index contributed by atoms with van der Waals surface area (Å²) in [6.45, 7) is 3.10. The number of aryl methyl sites for hydroxylation is 1. The Morgan fingerprint density at radius 3 is 3.20 bits per heavy atom. The van der Waals surface area contributed by atoms with Gasteiger partial charge in [0.05, 0.1) is 5.69 Å². The highest BCUT2D eigenvalue weighted by molar-refractivity contribution is 5.32. The highest BCUT2D eigenvalue weighted by Crippen LogP contribution is 2.22. The molecule has 1 atom stereocenters. The van der Waals surface area contributed by atoms with Crippen molar-refractivity contribution in [3.63, 3.8) is 0 Å². The molecule has 0 radical (unpaired) electrons. The quantitative estimate of drug-likeness (QED) is 0.761. The molecule has 0 spiro atoms. The van der Waals surface area contributed by atoms with Crippen molar-refractivity contribution in [2.45, 2.75) is 25.8 Å². The van der Waals surface area contributed by atoms with Gasteiger partial charge in [0, 0.05) is 30.2 Å². The monoisotopic (exact) mass is 202 g/mol. The number of hydrogen-bond donors (Lipinski definition) is 1. The summed E-state index contributed by atoms with van der Waals surface area (Å²) in [5, 5.41) is 3.47. The lowest BCUT2D eigenvalue weighted by Gasteiger charge is -2.09. The van der Waals surface area contributed by atoms with Crippen LogP contribution in [-0.2, 0) is 0 Å². The first-order valence-electron chi connectivity index (χ1n) is 5.37. The summed E-state index contributed by atoms with van der Waals surface area (Å²) in [6, 6.07) is 0.476. The predicted molar refractivity (Wildman–Crippen MR) is 57.7 cm³/mol.